The van der Waals surface area contributed by atoms with Gasteiger partial charge in [0.25, 0.3) is 0 Å². The first-order chi connectivity index (χ1) is 13.1. The Kier molecular flexibility index (Phi) is 9.02. The van der Waals surface area contributed by atoms with Crippen LogP contribution in [0, 0.1) is 6.92 Å². The molecule has 0 spiro atoms. The minimum absolute atomic E-state index is 0. The van der Waals surface area contributed by atoms with Gasteiger partial charge in [-0.25, -0.2) is 0 Å². The quantitative estimate of drug-likeness (QED) is 0.354. The maximum absolute atomic E-state index is 5.89. The van der Waals surface area contributed by atoms with Gasteiger partial charge in [0, 0.05) is 38.3 Å². The molecule has 2 aliphatic rings. The van der Waals surface area contributed by atoms with Gasteiger partial charge < -0.3 is 20.1 Å². The van der Waals surface area contributed by atoms with Gasteiger partial charge in [-0.05, 0) is 57.6 Å². The summed E-state index contributed by atoms with van der Waals surface area (Å²) in [7, 11) is 0. The van der Waals surface area contributed by atoms with Crippen molar-refractivity contribution in [1.82, 2.24) is 10.6 Å². The summed E-state index contributed by atoms with van der Waals surface area (Å²) in [6.07, 6.45) is 4.28. The Morgan fingerprint density at radius 1 is 1.11 bits per heavy atom. The molecule has 1 aromatic rings. The van der Waals surface area contributed by atoms with Crippen LogP contribution >= 0.6 is 24.0 Å². The van der Waals surface area contributed by atoms with E-state index in [1.807, 2.05) is 0 Å². The van der Waals surface area contributed by atoms with Crippen molar-refractivity contribution in [2.45, 2.75) is 57.5 Å². The summed E-state index contributed by atoms with van der Waals surface area (Å²) in [5, 5.41) is 7.02. The number of benzene rings is 1. The van der Waals surface area contributed by atoms with E-state index in [2.05, 4.69) is 55.7 Å². The molecule has 158 valence electrons. The Labute approximate surface area is 187 Å². The lowest BCUT2D eigenvalue weighted by atomic mass is 9.72. The summed E-state index contributed by atoms with van der Waals surface area (Å²) < 4.78 is 11.6. The average molecular weight is 501 g/mol. The Bertz CT molecular complexity index is 638. The Morgan fingerprint density at radius 2 is 1.86 bits per heavy atom. The minimum atomic E-state index is -0.116. The van der Waals surface area contributed by atoms with Crippen LogP contribution < -0.4 is 10.6 Å². The average Bonchev–Trinajstić information content (AvgIpc) is 3.12. The lowest BCUT2D eigenvalue weighted by molar-refractivity contribution is 0.0283. The molecule has 2 fully saturated rings. The highest BCUT2D eigenvalue weighted by atomic mass is 127. The van der Waals surface area contributed by atoms with Crippen LogP contribution in [0.3, 0.4) is 0 Å². The van der Waals surface area contributed by atoms with Gasteiger partial charge >= 0.3 is 0 Å². The first kappa shape index (κ1) is 23.4. The van der Waals surface area contributed by atoms with Crippen LogP contribution in [0.25, 0.3) is 0 Å². The van der Waals surface area contributed by atoms with Crippen LogP contribution in [0.1, 0.15) is 50.7 Å². The van der Waals surface area contributed by atoms with Gasteiger partial charge in [-0.3, -0.25) is 4.99 Å². The van der Waals surface area contributed by atoms with E-state index in [0.29, 0.717) is 6.54 Å². The molecule has 1 aromatic carbocycles. The fourth-order valence-electron chi connectivity index (χ4n) is 4.27. The number of hydrogen-bond acceptors (Lipinski definition) is 3. The summed E-state index contributed by atoms with van der Waals surface area (Å²) in [5.41, 5.74) is 2.76. The van der Waals surface area contributed by atoms with E-state index in [0.717, 1.165) is 64.6 Å². The van der Waals surface area contributed by atoms with Crippen LogP contribution in [0.5, 0.6) is 0 Å². The van der Waals surface area contributed by atoms with E-state index >= 15 is 0 Å². The Balaban J connectivity index is 0.00000280. The van der Waals surface area contributed by atoms with Crippen molar-refractivity contribution in [2.24, 2.45) is 4.99 Å². The number of rotatable bonds is 6. The number of guanidine groups is 1. The highest BCUT2D eigenvalue weighted by Crippen LogP contribution is 2.36. The lowest BCUT2D eigenvalue weighted by Crippen LogP contribution is -2.48. The van der Waals surface area contributed by atoms with Crippen LogP contribution in [-0.2, 0) is 14.9 Å². The fourth-order valence-corrected chi connectivity index (χ4v) is 4.27. The van der Waals surface area contributed by atoms with Crippen molar-refractivity contribution in [3.63, 3.8) is 0 Å². The smallest absolute Gasteiger partial charge is 0.191 e. The Hall–Kier alpha value is -0.860. The van der Waals surface area contributed by atoms with Gasteiger partial charge in [0.15, 0.2) is 5.96 Å². The number of aliphatic imine (C=N–C) groups is 1. The monoisotopic (exact) mass is 501 g/mol. The molecular formula is C22H36IN3O2. The topological polar surface area (TPSA) is 54.9 Å². The largest absolute Gasteiger partial charge is 0.381 e. The number of ether oxygens (including phenoxy) is 2. The molecule has 0 aliphatic carbocycles. The third kappa shape index (κ3) is 5.83. The third-order valence-corrected chi connectivity index (χ3v) is 5.98. The molecular weight excluding hydrogens is 465 g/mol. The molecule has 2 aliphatic heterocycles. The summed E-state index contributed by atoms with van der Waals surface area (Å²) in [6, 6.07) is 8.76. The molecule has 0 saturated carbocycles. The van der Waals surface area contributed by atoms with Crippen molar-refractivity contribution >= 4 is 29.9 Å². The van der Waals surface area contributed by atoms with Crippen molar-refractivity contribution in [3.8, 4) is 0 Å². The normalized spacial score (nSPS) is 24.5. The lowest BCUT2D eigenvalue weighted by Gasteiger charge is -2.39. The first-order valence-electron chi connectivity index (χ1n) is 10.4. The summed E-state index contributed by atoms with van der Waals surface area (Å²) in [6.45, 7) is 11.4. The molecule has 0 aromatic heterocycles. The molecule has 0 amide bonds. The molecule has 3 rings (SSSR count). The molecule has 2 saturated heterocycles. The van der Waals surface area contributed by atoms with Crippen molar-refractivity contribution in [2.75, 3.05) is 39.5 Å². The van der Waals surface area contributed by atoms with E-state index < -0.39 is 0 Å². The van der Waals surface area contributed by atoms with Crippen LogP contribution in [0.4, 0.5) is 0 Å². The third-order valence-electron chi connectivity index (χ3n) is 5.98. The fraction of sp³-hybridized carbons (Fsp3) is 0.682. The molecule has 1 unspecified atom stereocenters. The van der Waals surface area contributed by atoms with E-state index in [9.17, 15) is 0 Å². The minimum Gasteiger partial charge on any atom is -0.381 e. The second kappa shape index (κ2) is 10.8. The molecule has 28 heavy (non-hydrogen) atoms. The highest BCUT2D eigenvalue weighted by molar-refractivity contribution is 14.0. The van der Waals surface area contributed by atoms with Crippen LogP contribution in [0.15, 0.2) is 29.3 Å². The number of nitrogens with zero attached hydrogens (tertiary/aromatic N) is 1. The summed E-state index contributed by atoms with van der Waals surface area (Å²) in [5.74, 6) is 0.883. The van der Waals surface area contributed by atoms with Gasteiger partial charge in [-0.2, -0.15) is 0 Å². The molecule has 1 atom stereocenters. The van der Waals surface area contributed by atoms with Gasteiger partial charge in [0.1, 0.15) is 0 Å². The highest BCUT2D eigenvalue weighted by Gasteiger charge is 2.36. The number of hydrogen-bond donors (Lipinski definition) is 2. The summed E-state index contributed by atoms with van der Waals surface area (Å²) in [4.78, 5) is 4.84. The number of nitrogens with one attached hydrogen (secondary N) is 2. The van der Waals surface area contributed by atoms with E-state index in [1.165, 1.54) is 11.1 Å². The molecule has 2 heterocycles. The van der Waals surface area contributed by atoms with Crippen LogP contribution in [0.2, 0.25) is 0 Å². The predicted octanol–water partition coefficient (Wildman–Crippen LogP) is 3.79. The second-order valence-electron chi connectivity index (χ2n) is 8.16. The van der Waals surface area contributed by atoms with Crippen molar-refractivity contribution in [1.29, 1.82) is 0 Å². The van der Waals surface area contributed by atoms with Crippen LogP contribution in [-0.4, -0.2) is 51.0 Å². The van der Waals surface area contributed by atoms with E-state index in [4.69, 9.17) is 14.5 Å². The maximum atomic E-state index is 5.89. The Morgan fingerprint density at radius 3 is 2.50 bits per heavy atom. The molecule has 2 N–H and O–H groups in total. The summed E-state index contributed by atoms with van der Waals surface area (Å²) >= 11 is 0. The zero-order valence-electron chi connectivity index (χ0n) is 17.6. The zero-order chi connectivity index (χ0) is 19.2. The maximum Gasteiger partial charge on any atom is 0.191 e. The van der Waals surface area contributed by atoms with Crippen molar-refractivity contribution < 1.29 is 9.47 Å². The SMILES string of the molecule is CCNC(=NCC1(C)CCCO1)NCC1(c2ccccc2C)CCOCC1.I. The van der Waals surface area contributed by atoms with Gasteiger partial charge in [0.05, 0.1) is 12.1 Å². The van der Waals surface area contributed by atoms with Gasteiger partial charge in [0.2, 0.25) is 0 Å². The standard InChI is InChI=1S/C22H35N3O2.HI/c1-4-23-20(24-16-21(3)10-7-13-27-21)25-17-22(11-14-26-15-12-22)19-9-6-5-8-18(19)2;/h5-6,8-9H,4,7,10-17H2,1-3H3,(H2,23,24,25);1H. The number of halogens is 1. The molecule has 0 radical (unpaired) electrons. The first-order valence-corrected chi connectivity index (χ1v) is 10.4. The van der Waals surface area contributed by atoms with Gasteiger partial charge in [-0.1, -0.05) is 24.3 Å². The van der Waals surface area contributed by atoms with E-state index in [-0.39, 0.29) is 35.0 Å². The zero-order valence-corrected chi connectivity index (χ0v) is 19.9. The second-order valence-corrected chi connectivity index (χ2v) is 8.16. The van der Waals surface area contributed by atoms with E-state index in [1.54, 1.807) is 0 Å². The molecule has 0 bridgehead atoms. The number of aryl methyl sites for hydroxylation is 1. The molecule has 5 nitrogen and oxygen atoms in total. The molecule has 6 heteroatoms. The van der Waals surface area contributed by atoms with Crippen molar-refractivity contribution in [3.05, 3.63) is 35.4 Å². The predicted molar refractivity (Wildman–Crippen MR) is 126 cm³/mol. The van der Waals surface area contributed by atoms with Gasteiger partial charge in [-0.15, -0.1) is 24.0 Å².